The molecule has 1 aromatic rings. The Bertz CT molecular complexity index is 377. The molecule has 0 radical (unpaired) electrons. The summed E-state index contributed by atoms with van der Waals surface area (Å²) in [5.41, 5.74) is 6.85. The van der Waals surface area contributed by atoms with Crippen molar-refractivity contribution in [3.63, 3.8) is 0 Å². The molecule has 0 atom stereocenters. The van der Waals surface area contributed by atoms with E-state index < -0.39 is 0 Å². The van der Waals surface area contributed by atoms with Crippen LogP contribution in [-0.2, 0) is 4.74 Å². The highest BCUT2D eigenvalue weighted by molar-refractivity contribution is 5.24. The zero-order valence-electron chi connectivity index (χ0n) is 11.6. The third-order valence-electron chi connectivity index (χ3n) is 3.47. The molecular weight excluding hydrogens is 240 g/mol. The van der Waals surface area contributed by atoms with Crippen molar-refractivity contribution in [2.24, 2.45) is 5.73 Å². The fourth-order valence-electron chi connectivity index (χ4n) is 2.31. The van der Waals surface area contributed by atoms with Crippen molar-refractivity contribution in [1.82, 2.24) is 9.97 Å². The van der Waals surface area contributed by atoms with Crippen LogP contribution in [-0.4, -0.2) is 35.3 Å². The van der Waals surface area contributed by atoms with Crippen LogP contribution in [0.4, 0.5) is 5.95 Å². The van der Waals surface area contributed by atoms with E-state index in [1.807, 2.05) is 13.0 Å². The maximum absolute atomic E-state index is 5.87. The van der Waals surface area contributed by atoms with Gasteiger partial charge in [-0.1, -0.05) is 0 Å². The number of hydrogen-bond acceptors (Lipinski definition) is 5. The summed E-state index contributed by atoms with van der Waals surface area (Å²) in [7, 11) is 0. The second-order valence-electron chi connectivity index (χ2n) is 5.21. The van der Waals surface area contributed by atoms with E-state index in [0.29, 0.717) is 18.1 Å². The lowest BCUT2D eigenvalue weighted by Gasteiger charge is -2.26. The Morgan fingerprint density at radius 1 is 1.37 bits per heavy atom. The minimum Gasteiger partial charge on any atom is -0.378 e. The van der Waals surface area contributed by atoms with E-state index >= 15 is 0 Å². The van der Waals surface area contributed by atoms with Crippen molar-refractivity contribution in [3.05, 3.63) is 18.0 Å². The normalized spacial score (nSPS) is 23.3. The summed E-state index contributed by atoms with van der Waals surface area (Å²) in [6.07, 6.45) is 7.56. The van der Waals surface area contributed by atoms with Crippen molar-refractivity contribution in [2.75, 3.05) is 18.5 Å². The lowest BCUT2D eigenvalue weighted by Crippen LogP contribution is -2.30. The van der Waals surface area contributed by atoms with Gasteiger partial charge in [-0.2, -0.15) is 0 Å². The molecule has 0 spiro atoms. The first-order valence-corrected chi connectivity index (χ1v) is 7.15. The Kier molecular flexibility index (Phi) is 5.54. The van der Waals surface area contributed by atoms with Gasteiger partial charge in [-0.15, -0.1) is 0 Å². The van der Waals surface area contributed by atoms with Crippen LogP contribution in [0.25, 0.3) is 0 Å². The fourth-order valence-corrected chi connectivity index (χ4v) is 2.31. The topological polar surface area (TPSA) is 73.1 Å². The van der Waals surface area contributed by atoms with Crippen LogP contribution in [0, 0.1) is 6.92 Å². The number of ether oxygens (including phenoxy) is 1. The zero-order chi connectivity index (χ0) is 13.5. The van der Waals surface area contributed by atoms with Crippen molar-refractivity contribution in [2.45, 2.75) is 51.2 Å². The first-order chi connectivity index (χ1) is 9.24. The molecule has 3 N–H and O–H groups in total. The molecule has 0 saturated heterocycles. The molecule has 1 fully saturated rings. The van der Waals surface area contributed by atoms with Gasteiger partial charge < -0.3 is 15.8 Å². The molecule has 0 unspecified atom stereocenters. The number of aryl methyl sites for hydroxylation is 1. The molecule has 1 aromatic heterocycles. The molecule has 19 heavy (non-hydrogen) atoms. The summed E-state index contributed by atoms with van der Waals surface area (Å²) in [6, 6.07) is 2.28. The minimum absolute atomic E-state index is 0.389. The highest BCUT2D eigenvalue weighted by Crippen LogP contribution is 2.19. The number of nitrogens with one attached hydrogen (secondary N) is 1. The standard InChI is InChI=1S/C14H24N4O/c1-11-7-9-17-14(18-11)16-8-2-10-19-13-5-3-12(15)4-6-13/h7,9,12-13H,2-6,8,10,15H2,1H3,(H,16,17,18). The molecular formula is C14H24N4O. The van der Waals surface area contributed by atoms with Gasteiger partial charge in [0, 0.05) is 31.1 Å². The van der Waals surface area contributed by atoms with Gasteiger partial charge in [-0.3, -0.25) is 0 Å². The van der Waals surface area contributed by atoms with Gasteiger partial charge in [0.15, 0.2) is 0 Å². The highest BCUT2D eigenvalue weighted by atomic mass is 16.5. The van der Waals surface area contributed by atoms with Crippen LogP contribution in [0.5, 0.6) is 0 Å². The van der Waals surface area contributed by atoms with E-state index in [-0.39, 0.29) is 0 Å². The quantitative estimate of drug-likeness (QED) is 0.767. The maximum Gasteiger partial charge on any atom is 0.222 e. The van der Waals surface area contributed by atoms with Gasteiger partial charge in [0.05, 0.1) is 6.10 Å². The first-order valence-electron chi connectivity index (χ1n) is 7.15. The molecule has 5 nitrogen and oxygen atoms in total. The number of nitrogens with zero attached hydrogens (tertiary/aromatic N) is 2. The van der Waals surface area contributed by atoms with Gasteiger partial charge in [0.1, 0.15) is 0 Å². The predicted octanol–water partition coefficient (Wildman–Crippen LogP) is 1.87. The van der Waals surface area contributed by atoms with E-state index in [9.17, 15) is 0 Å². The third-order valence-corrected chi connectivity index (χ3v) is 3.47. The first kappa shape index (κ1) is 14.2. The van der Waals surface area contributed by atoms with Gasteiger partial charge in [-0.05, 0) is 45.1 Å². The van der Waals surface area contributed by atoms with Gasteiger partial charge in [0.2, 0.25) is 5.95 Å². The molecule has 2 rings (SSSR count). The Balaban J connectivity index is 1.55. The molecule has 0 bridgehead atoms. The molecule has 1 heterocycles. The summed E-state index contributed by atoms with van der Waals surface area (Å²) < 4.78 is 5.86. The van der Waals surface area contributed by atoms with Crippen molar-refractivity contribution in [3.8, 4) is 0 Å². The molecule has 106 valence electrons. The molecule has 0 aromatic carbocycles. The number of anilines is 1. The van der Waals surface area contributed by atoms with Gasteiger partial charge in [0.25, 0.3) is 0 Å². The SMILES string of the molecule is Cc1ccnc(NCCCOC2CCC(N)CC2)n1. The third kappa shape index (κ3) is 5.12. The maximum atomic E-state index is 5.87. The Hall–Kier alpha value is -1.20. The van der Waals surface area contributed by atoms with E-state index in [4.69, 9.17) is 10.5 Å². The second kappa shape index (κ2) is 7.40. The van der Waals surface area contributed by atoms with Crippen LogP contribution < -0.4 is 11.1 Å². The number of nitrogens with two attached hydrogens (primary N) is 1. The average Bonchev–Trinajstić information content (AvgIpc) is 2.41. The monoisotopic (exact) mass is 264 g/mol. The molecule has 1 aliphatic carbocycles. The molecule has 1 aliphatic rings. The second-order valence-corrected chi connectivity index (χ2v) is 5.21. The fraction of sp³-hybridized carbons (Fsp3) is 0.714. The van der Waals surface area contributed by atoms with Crippen LogP contribution in [0.15, 0.2) is 12.3 Å². The van der Waals surface area contributed by atoms with Gasteiger partial charge >= 0.3 is 0 Å². The summed E-state index contributed by atoms with van der Waals surface area (Å²) in [4.78, 5) is 8.45. The largest absolute Gasteiger partial charge is 0.378 e. The van der Waals surface area contributed by atoms with E-state index in [0.717, 1.165) is 50.9 Å². The summed E-state index contributed by atoms with van der Waals surface area (Å²) in [6.45, 7) is 3.60. The van der Waals surface area contributed by atoms with Gasteiger partial charge in [-0.25, -0.2) is 9.97 Å². The lowest BCUT2D eigenvalue weighted by atomic mass is 9.94. The molecule has 0 amide bonds. The molecule has 0 aliphatic heterocycles. The Morgan fingerprint density at radius 2 is 2.16 bits per heavy atom. The van der Waals surface area contributed by atoms with E-state index in [2.05, 4.69) is 15.3 Å². The molecule has 5 heteroatoms. The summed E-state index contributed by atoms with van der Waals surface area (Å²) in [5.74, 6) is 0.698. The van der Waals surface area contributed by atoms with Crippen LogP contribution in [0.1, 0.15) is 37.8 Å². The average molecular weight is 264 g/mol. The van der Waals surface area contributed by atoms with Crippen molar-refractivity contribution >= 4 is 5.95 Å². The smallest absolute Gasteiger partial charge is 0.222 e. The Morgan fingerprint density at radius 3 is 2.89 bits per heavy atom. The summed E-state index contributed by atoms with van der Waals surface area (Å²) >= 11 is 0. The number of rotatable bonds is 6. The van der Waals surface area contributed by atoms with Crippen LogP contribution in [0.2, 0.25) is 0 Å². The Labute approximate surface area is 115 Å². The zero-order valence-corrected chi connectivity index (χ0v) is 11.6. The van der Waals surface area contributed by atoms with Crippen molar-refractivity contribution < 1.29 is 4.74 Å². The lowest BCUT2D eigenvalue weighted by molar-refractivity contribution is 0.0251. The highest BCUT2D eigenvalue weighted by Gasteiger charge is 2.18. The molecule has 1 saturated carbocycles. The van der Waals surface area contributed by atoms with E-state index in [1.165, 1.54) is 0 Å². The number of hydrogen-bond donors (Lipinski definition) is 2. The van der Waals surface area contributed by atoms with E-state index in [1.54, 1.807) is 6.20 Å². The predicted molar refractivity (Wildman–Crippen MR) is 76.1 cm³/mol. The summed E-state index contributed by atoms with van der Waals surface area (Å²) in [5, 5.41) is 3.21. The van der Waals surface area contributed by atoms with Crippen LogP contribution in [0.3, 0.4) is 0 Å². The van der Waals surface area contributed by atoms with Crippen molar-refractivity contribution in [1.29, 1.82) is 0 Å². The minimum atomic E-state index is 0.389. The van der Waals surface area contributed by atoms with Crippen LogP contribution >= 0.6 is 0 Å². The number of aromatic nitrogens is 2.